The number of nitrogens with zero attached hydrogens (tertiary/aromatic N) is 7. The van der Waals surface area contributed by atoms with E-state index in [2.05, 4.69) is 60.2 Å². The fourth-order valence-electron chi connectivity index (χ4n) is 5.38. The van der Waals surface area contributed by atoms with Crippen LogP contribution in [0.5, 0.6) is 0 Å². The molecule has 34 heavy (non-hydrogen) atoms. The Labute approximate surface area is 198 Å². The van der Waals surface area contributed by atoms with E-state index in [1.165, 1.54) is 16.6 Å². The van der Waals surface area contributed by atoms with Crippen LogP contribution in [0.25, 0.3) is 21.9 Å². The third kappa shape index (κ3) is 3.90. The van der Waals surface area contributed by atoms with Crippen LogP contribution in [-0.4, -0.2) is 86.3 Å². The number of carbonyl (C=O) groups excluding carboxylic acids is 1. The number of carbonyl (C=O) groups is 1. The largest absolute Gasteiger partial charge is 0.358 e. The number of nitrogens with one attached hydrogen (secondary N) is 1. The normalized spacial score (nSPS) is 18.3. The maximum atomic E-state index is 13.0. The van der Waals surface area contributed by atoms with E-state index < -0.39 is 0 Å². The molecule has 5 heterocycles. The van der Waals surface area contributed by atoms with E-state index in [0.29, 0.717) is 12.5 Å². The summed E-state index contributed by atoms with van der Waals surface area (Å²) in [6.07, 6.45) is 5.59. The summed E-state index contributed by atoms with van der Waals surface area (Å²) in [5.41, 5.74) is 3.37. The second kappa shape index (κ2) is 8.72. The van der Waals surface area contributed by atoms with E-state index >= 15 is 0 Å². The van der Waals surface area contributed by atoms with Crippen molar-refractivity contribution in [2.45, 2.75) is 18.8 Å². The van der Waals surface area contributed by atoms with Gasteiger partial charge in [0.15, 0.2) is 5.65 Å². The van der Waals surface area contributed by atoms with Crippen molar-refractivity contribution in [1.82, 2.24) is 34.5 Å². The molecule has 1 aromatic carbocycles. The Morgan fingerprint density at radius 1 is 1.06 bits per heavy atom. The van der Waals surface area contributed by atoms with E-state index in [9.17, 15) is 4.79 Å². The van der Waals surface area contributed by atoms with Crippen molar-refractivity contribution in [3.63, 3.8) is 0 Å². The first-order chi connectivity index (χ1) is 16.7. The zero-order valence-electron chi connectivity index (χ0n) is 19.5. The monoisotopic (exact) mass is 458 g/mol. The number of rotatable bonds is 4. The molecule has 0 radical (unpaired) electrons. The number of piperazine rings is 1. The lowest BCUT2D eigenvalue weighted by Gasteiger charge is -2.37. The van der Waals surface area contributed by atoms with Crippen LogP contribution < -0.4 is 4.90 Å². The lowest BCUT2D eigenvalue weighted by atomic mass is 9.93. The molecule has 1 amide bonds. The Balaban J connectivity index is 1.02. The molecule has 4 aromatic rings. The number of anilines is 1. The summed E-state index contributed by atoms with van der Waals surface area (Å²) in [5, 5.41) is 6.55. The summed E-state index contributed by atoms with van der Waals surface area (Å²) < 4.78 is 1.77. The standard InChI is InChI=1S/C25H30N8O/c1-30-24-20(15-28-30)25(27-17-26-24)33-12-10-32(11-13-33)23(34)16-31-8-6-18(7-9-31)22-14-19-4-2-3-5-21(19)29-22/h2-5,14-15,17-18,29H,6-13,16H2,1H3. The highest BCUT2D eigenvalue weighted by Gasteiger charge is 2.27. The predicted octanol–water partition coefficient (Wildman–Crippen LogP) is 2.37. The number of aromatic amines is 1. The van der Waals surface area contributed by atoms with E-state index in [-0.39, 0.29) is 5.91 Å². The summed E-state index contributed by atoms with van der Waals surface area (Å²) in [6.45, 7) is 5.42. The molecule has 9 heteroatoms. The molecule has 0 atom stereocenters. The number of fused-ring (bicyclic) bond motifs is 2. The Kier molecular flexibility index (Phi) is 5.41. The molecule has 0 saturated carbocycles. The molecule has 0 spiro atoms. The Morgan fingerprint density at radius 2 is 1.85 bits per heavy atom. The zero-order valence-corrected chi connectivity index (χ0v) is 19.5. The molecular formula is C25H30N8O. The second-order valence-electron chi connectivity index (χ2n) is 9.43. The SMILES string of the molecule is Cn1ncc2c(N3CCN(C(=O)CN4CCC(c5cc6ccccc6[nH]5)CC4)CC3)ncnc21. The first kappa shape index (κ1) is 21.1. The molecule has 1 N–H and O–H groups in total. The smallest absolute Gasteiger partial charge is 0.236 e. The van der Waals surface area contributed by atoms with E-state index in [1.807, 2.05) is 18.1 Å². The van der Waals surface area contributed by atoms with Gasteiger partial charge >= 0.3 is 0 Å². The minimum absolute atomic E-state index is 0.234. The molecule has 2 aliphatic heterocycles. The van der Waals surface area contributed by atoms with Crippen LogP contribution in [0.2, 0.25) is 0 Å². The van der Waals surface area contributed by atoms with Gasteiger partial charge in [0.25, 0.3) is 0 Å². The highest BCUT2D eigenvalue weighted by Crippen LogP contribution is 2.30. The van der Waals surface area contributed by atoms with Gasteiger partial charge in [0.1, 0.15) is 12.1 Å². The third-order valence-electron chi connectivity index (χ3n) is 7.38. The molecule has 0 aliphatic carbocycles. The van der Waals surface area contributed by atoms with Crippen LogP contribution in [0.15, 0.2) is 42.9 Å². The first-order valence-corrected chi connectivity index (χ1v) is 12.1. The van der Waals surface area contributed by atoms with Gasteiger partial charge in [-0.2, -0.15) is 5.10 Å². The molecule has 6 rings (SSSR count). The number of benzene rings is 1. The quantitative estimate of drug-likeness (QED) is 0.505. The maximum absolute atomic E-state index is 13.0. The number of hydrogen-bond donors (Lipinski definition) is 1. The van der Waals surface area contributed by atoms with Gasteiger partial charge in [-0.15, -0.1) is 0 Å². The van der Waals surface area contributed by atoms with Crippen LogP contribution in [0.3, 0.4) is 0 Å². The first-order valence-electron chi connectivity index (χ1n) is 12.1. The molecule has 2 aliphatic rings. The minimum atomic E-state index is 0.234. The Morgan fingerprint density at radius 3 is 2.65 bits per heavy atom. The Bertz CT molecular complexity index is 1280. The highest BCUT2D eigenvalue weighted by atomic mass is 16.2. The van der Waals surface area contributed by atoms with Gasteiger partial charge in [-0.05, 0) is 43.5 Å². The third-order valence-corrected chi connectivity index (χ3v) is 7.38. The minimum Gasteiger partial charge on any atom is -0.358 e. The van der Waals surface area contributed by atoms with Crippen molar-refractivity contribution in [2.24, 2.45) is 7.05 Å². The summed E-state index contributed by atoms with van der Waals surface area (Å²) in [7, 11) is 1.89. The van der Waals surface area contributed by atoms with Gasteiger partial charge in [0.2, 0.25) is 5.91 Å². The summed E-state index contributed by atoms with van der Waals surface area (Å²) in [5.74, 6) is 1.68. The van der Waals surface area contributed by atoms with Gasteiger partial charge in [-0.3, -0.25) is 14.4 Å². The second-order valence-corrected chi connectivity index (χ2v) is 9.43. The molecule has 0 bridgehead atoms. The number of piperidine rings is 1. The van der Waals surface area contributed by atoms with Crippen LogP contribution >= 0.6 is 0 Å². The van der Waals surface area contributed by atoms with E-state index in [1.54, 1.807) is 11.0 Å². The van der Waals surface area contributed by atoms with E-state index in [4.69, 9.17) is 0 Å². The van der Waals surface area contributed by atoms with Crippen LogP contribution in [0.4, 0.5) is 5.82 Å². The topological polar surface area (TPSA) is 86.2 Å². The van der Waals surface area contributed by atoms with E-state index in [0.717, 1.165) is 69.0 Å². The van der Waals surface area contributed by atoms with Crippen molar-refractivity contribution >= 4 is 33.7 Å². The maximum Gasteiger partial charge on any atom is 0.236 e. The zero-order chi connectivity index (χ0) is 23.1. The van der Waals surface area contributed by atoms with Gasteiger partial charge < -0.3 is 14.8 Å². The summed E-state index contributed by atoms with van der Waals surface area (Å²) >= 11 is 0. The molecular weight excluding hydrogens is 428 g/mol. The fourth-order valence-corrected chi connectivity index (χ4v) is 5.38. The van der Waals surface area contributed by atoms with Gasteiger partial charge in [-0.1, -0.05) is 18.2 Å². The van der Waals surface area contributed by atoms with Crippen molar-refractivity contribution in [3.05, 3.63) is 48.5 Å². The van der Waals surface area contributed by atoms with Crippen molar-refractivity contribution in [2.75, 3.05) is 50.7 Å². The van der Waals surface area contributed by atoms with Crippen LogP contribution in [0, 0.1) is 0 Å². The number of amides is 1. The number of para-hydroxylation sites is 1. The lowest BCUT2D eigenvalue weighted by molar-refractivity contribution is -0.133. The molecule has 2 fully saturated rings. The lowest BCUT2D eigenvalue weighted by Crippen LogP contribution is -2.52. The summed E-state index contributed by atoms with van der Waals surface area (Å²) in [4.78, 5) is 32.0. The van der Waals surface area contributed by atoms with Crippen LogP contribution in [0.1, 0.15) is 24.5 Å². The van der Waals surface area contributed by atoms with Crippen molar-refractivity contribution in [3.8, 4) is 0 Å². The average molecular weight is 459 g/mol. The molecule has 176 valence electrons. The molecule has 9 nitrogen and oxygen atoms in total. The molecule has 3 aromatic heterocycles. The number of aryl methyl sites for hydroxylation is 1. The average Bonchev–Trinajstić information content (AvgIpc) is 3.48. The van der Waals surface area contributed by atoms with Crippen molar-refractivity contribution in [1.29, 1.82) is 0 Å². The number of likely N-dealkylation sites (tertiary alicyclic amines) is 1. The molecule has 2 saturated heterocycles. The summed E-state index contributed by atoms with van der Waals surface area (Å²) in [6, 6.07) is 10.7. The Hall–Kier alpha value is -3.46. The van der Waals surface area contributed by atoms with Gasteiger partial charge in [-0.25, -0.2) is 9.97 Å². The fraction of sp³-hybridized carbons (Fsp3) is 0.440. The van der Waals surface area contributed by atoms with Crippen molar-refractivity contribution < 1.29 is 4.79 Å². The predicted molar refractivity (Wildman–Crippen MR) is 132 cm³/mol. The number of hydrogen-bond acceptors (Lipinski definition) is 6. The molecule has 0 unspecified atom stereocenters. The van der Waals surface area contributed by atoms with Gasteiger partial charge in [0, 0.05) is 50.4 Å². The highest BCUT2D eigenvalue weighted by molar-refractivity contribution is 5.87. The van der Waals surface area contributed by atoms with Gasteiger partial charge in [0.05, 0.1) is 18.1 Å². The number of H-pyrrole nitrogens is 1. The van der Waals surface area contributed by atoms with Crippen LogP contribution in [-0.2, 0) is 11.8 Å². The number of aromatic nitrogens is 5.